The minimum Gasteiger partial charge on any atom is -0.324 e. The zero-order valence-electron chi connectivity index (χ0n) is 11.7. The number of aryl methyl sites for hydroxylation is 1. The quantitative estimate of drug-likeness (QED) is 0.866. The fraction of sp³-hybridized carbons (Fsp3) is 0.571. The van der Waals surface area contributed by atoms with E-state index in [-0.39, 0.29) is 4.90 Å². The third kappa shape index (κ3) is 3.81. The summed E-state index contributed by atoms with van der Waals surface area (Å²) >= 11 is 3.37. The first-order chi connectivity index (χ1) is 9.32. The van der Waals surface area contributed by atoms with Crippen molar-refractivity contribution in [2.75, 3.05) is 6.54 Å². The third-order valence-corrected chi connectivity index (χ3v) is 6.19. The van der Waals surface area contributed by atoms with Gasteiger partial charge in [0, 0.05) is 16.6 Å². The summed E-state index contributed by atoms with van der Waals surface area (Å²) in [4.78, 5) is 0.289. The highest BCUT2D eigenvalue weighted by molar-refractivity contribution is 9.10. The van der Waals surface area contributed by atoms with Gasteiger partial charge in [0.05, 0.1) is 4.90 Å². The molecule has 0 radical (unpaired) electrons. The van der Waals surface area contributed by atoms with Crippen molar-refractivity contribution in [3.63, 3.8) is 0 Å². The molecule has 1 fully saturated rings. The summed E-state index contributed by atoms with van der Waals surface area (Å²) in [7, 11) is -3.49. The average molecular weight is 361 g/mol. The van der Waals surface area contributed by atoms with Crippen molar-refractivity contribution in [3.8, 4) is 0 Å². The van der Waals surface area contributed by atoms with Gasteiger partial charge in [0.15, 0.2) is 0 Å². The molecule has 112 valence electrons. The maximum atomic E-state index is 12.3. The molecule has 1 saturated carbocycles. The Labute approximate surface area is 129 Å². The maximum Gasteiger partial charge on any atom is 0.240 e. The molecule has 6 heteroatoms. The van der Waals surface area contributed by atoms with Crippen molar-refractivity contribution >= 4 is 26.0 Å². The van der Waals surface area contributed by atoms with Gasteiger partial charge in [-0.05, 0) is 43.5 Å². The molecule has 0 heterocycles. The first kappa shape index (κ1) is 15.9. The van der Waals surface area contributed by atoms with Crippen LogP contribution in [0.5, 0.6) is 0 Å². The van der Waals surface area contributed by atoms with Crippen LogP contribution in [-0.4, -0.2) is 20.5 Å². The predicted molar refractivity (Wildman–Crippen MR) is 84.1 cm³/mol. The van der Waals surface area contributed by atoms with E-state index in [2.05, 4.69) is 20.7 Å². The van der Waals surface area contributed by atoms with E-state index in [4.69, 9.17) is 5.73 Å². The standard InChI is InChI=1S/C14H21BrN2O2S/c1-11-9-12(5-6-13(11)15)20(18,19)17-10-14(16)7-3-2-4-8-14/h5-6,9,17H,2-4,7-8,10,16H2,1H3. The lowest BCUT2D eigenvalue weighted by molar-refractivity contribution is 0.296. The van der Waals surface area contributed by atoms with Gasteiger partial charge < -0.3 is 5.73 Å². The summed E-state index contributed by atoms with van der Waals surface area (Å²) in [5, 5.41) is 0. The normalized spacial score (nSPS) is 18.9. The largest absolute Gasteiger partial charge is 0.324 e. The Balaban J connectivity index is 2.09. The molecule has 1 aliphatic rings. The lowest BCUT2D eigenvalue weighted by Crippen LogP contribution is -2.51. The minimum atomic E-state index is -3.49. The van der Waals surface area contributed by atoms with E-state index in [9.17, 15) is 8.42 Å². The van der Waals surface area contributed by atoms with Gasteiger partial charge in [0.1, 0.15) is 0 Å². The molecule has 1 aromatic carbocycles. The average Bonchev–Trinajstić information content (AvgIpc) is 2.41. The number of sulfonamides is 1. The predicted octanol–water partition coefficient (Wildman–Crippen LogP) is 2.70. The topological polar surface area (TPSA) is 72.2 Å². The van der Waals surface area contributed by atoms with Crippen LogP contribution in [0.2, 0.25) is 0 Å². The second-order valence-electron chi connectivity index (χ2n) is 5.66. The molecule has 4 nitrogen and oxygen atoms in total. The van der Waals surface area contributed by atoms with Crippen LogP contribution in [0.1, 0.15) is 37.7 Å². The van der Waals surface area contributed by atoms with Crippen LogP contribution in [0, 0.1) is 6.92 Å². The molecule has 3 N–H and O–H groups in total. The Bertz CT molecular complexity index is 581. The molecule has 20 heavy (non-hydrogen) atoms. The number of hydrogen-bond donors (Lipinski definition) is 2. The number of nitrogens with one attached hydrogen (secondary N) is 1. The molecule has 0 unspecified atom stereocenters. The SMILES string of the molecule is Cc1cc(S(=O)(=O)NCC2(N)CCCCC2)ccc1Br. The second-order valence-corrected chi connectivity index (χ2v) is 8.28. The van der Waals surface area contributed by atoms with E-state index in [1.807, 2.05) is 6.92 Å². The summed E-state index contributed by atoms with van der Waals surface area (Å²) in [5.74, 6) is 0. The smallest absolute Gasteiger partial charge is 0.240 e. The molecule has 0 amide bonds. The van der Waals surface area contributed by atoms with Gasteiger partial charge in [-0.2, -0.15) is 0 Å². The molecule has 0 aliphatic heterocycles. The Kier molecular flexibility index (Phi) is 4.89. The molecule has 0 atom stereocenters. The Hall–Kier alpha value is -0.430. The van der Waals surface area contributed by atoms with E-state index in [1.54, 1.807) is 18.2 Å². The van der Waals surface area contributed by atoms with Crippen LogP contribution in [0.25, 0.3) is 0 Å². The lowest BCUT2D eigenvalue weighted by atomic mass is 9.83. The number of benzene rings is 1. The molecule has 0 spiro atoms. The number of nitrogens with two attached hydrogens (primary N) is 1. The van der Waals surface area contributed by atoms with Gasteiger partial charge in [-0.3, -0.25) is 0 Å². The zero-order chi connectivity index (χ0) is 14.8. The van der Waals surface area contributed by atoms with Crippen LogP contribution in [0.15, 0.2) is 27.6 Å². The molecule has 0 aromatic heterocycles. The number of rotatable bonds is 4. The molecule has 0 saturated heterocycles. The third-order valence-electron chi connectivity index (χ3n) is 3.90. The fourth-order valence-electron chi connectivity index (χ4n) is 2.54. The maximum absolute atomic E-state index is 12.3. The second kappa shape index (κ2) is 6.13. The molecule has 2 rings (SSSR count). The fourth-order valence-corrected chi connectivity index (χ4v) is 4.01. The van der Waals surface area contributed by atoms with Crippen molar-refractivity contribution in [2.24, 2.45) is 5.73 Å². The summed E-state index contributed by atoms with van der Waals surface area (Å²) in [5.41, 5.74) is 6.77. The van der Waals surface area contributed by atoms with Crippen molar-refractivity contribution in [3.05, 3.63) is 28.2 Å². The molecular weight excluding hydrogens is 340 g/mol. The molecule has 1 aliphatic carbocycles. The first-order valence-electron chi connectivity index (χ1n) is 6.87. The molecule has 0 bridgehead atoms. The van der Waals surface area contributed by atoms with E-state index >= 15 is 0 Å². The Morgan fingerprint density at radius 1 is 1.30 bits per heavy atom. The van der Waals surface area contributed by atoms with Crippen molar-refractivity contribution in [2.45, 2.75) is 49.5 Å². The Morgan fingerprint density at radius 3 is 2.55 bits per heavy atom. The van der Waals surface area contributed by atoms with Crippen LogP contribution >= 0.6 is 15.9 Å². The van der Waals surface area contributed by atoms with Gasteiger partial charge in [0.25, 0.3) is 0 Å². The zero-order valence-corrected chi connectivity index (χ0v) is 14.1. The van der Waals surface area contributed by atoms with Gasteiger partial charge in [-0.15, -0.1) is 0 Å². The lowest BCUT2D eigenvalue weighted by Gasteiger charge is -2.33. The first-order valence-corrected chi connectivity index (χ1v) is 9.15. The molecular formula is C14H21BrN2O2S. The number of halogens is 1. The van der Waals surface area contributed by atoms with E-state index in [1.165, 1.54) is 6.42 Å². The van der Waals surface area contributed by atoms with Gasteiger partial charge in [-0.25, -0.2) is 13.1 Å². The highest BCUT2D eigenvalue weighted by atomic mass is 79.9. The molecule has 1 aromatic rings. The number of hydrogen-bond acceptors (Lipinski definition) is 3. The van der Waals surface area contributed by atoms with Crippen LogP contribution in [0.3, 0.4) is 0 Å². The van der Waals surface area contributed by atoms with Crippen LogP contribution in [-0.2, 0) is 10.0 Å². The van der Waals surface area contributed by atoms with Crippen molar-refractivity contribution in [1.82, 2.24) is 4.72 Å². The highest BCUT2D eigenvalue weighted by Crippen LogP contribution is 2.26. The van der Waals surface area contributed by atoms with Crippen molar-refractivity contribution < 1.29 is 8.42 Å². The van der Waals surface area contributed by atoms with E-state index in [0.717, 1.165) is 35.7 Å². The van der Waals surface area contributed by atoms with Gasteiger partial charge in [-0.1, -0.05) is 35.2 Å². The Morgan fingerprint density at radius 2 is 1.95 bits per heavy atom. The van der Waals surface area contributed by atoms with Crippen LogP contribution in [0.4, 0.5) is 0 Å². The summed E-state index contributed by atoms with van der Waals surface area (Å²) in [6.45, 7) is 2.18. The summed E-state index contributed by atoms with van der Waals surface area (Å²) < 4.78 is 28.2. The summed E-state index contributed by atoms with van der Waals surface area (Å²) in [6, 6.07) is 5.02. The van der Waals surface area contributed by atoms with Gasteiger partial charge >= 0.3 is 0 Å². The van der Waals surface area contributed by atoms with Crippen molar-refractivity contribution in [1.29, 1.82) is 0 Å². The van der Waals surface area contributed by atoms with E-state index in [0.29, 0.717) is 6.54 Å². The van der Waals surface area contributed by atoms with Gasteiger partial charge in [0.2, 0.25) is 10.0 Å². The highest BCUT2D eigenvalue weighted by Gasteiger charge is 2.29. The van der Waals surface area contributed by atoms with E-state index < -0.39 is 15.6 Å². The van der Waals surface area contributed by atoms with Crippen LogP contribution < -0.4 is 10.5 Å². The minimum absolute atomic E-state index is 0.289. The summed E-state index contributed by atoms with van der Waals surface area (Å²) in [6.07, 6.45) is 5.12. The monoisotopic (exact) mass is 360 g/mol.